The molecule has 2 aromatic rings. The molecule has 0 aliphatic carbocycles. The predicted octanol–water partition coefficient (Wildman–Crippen LogP) is 6.68. The molecular formula is C17H12Cl2F6N2O2S. The molecule has 0 saturated carbocycles. The molecule has 2 rings (SSSR count). The first kappa shape index (κ1) is 24.2. The van der Waals surface area contributed by atoms with Crippen molar-refractivity contribution < 1.29 is 35.8 Å². The molecule has 0 unspecified atom stereocenters. The third kappa shape index (κ3) is 8.72. The number of benzene rings is 2. The van der Waals surface area contributed by atoms with Crippen LogP contribution < -0.4 is 20.1 Å². The number of ether oxygens (including phenoxy) is 2. The second kappa shape index (κ2) is 9.80. The van der Waals surface area contributed by atoms with Crippen molar-refractivity contribution in [1.82, 2.24) is 0 Å². The Balaban J connectivity index is 2.17. The maximum absolute atomic E-state index is 12.4. The van der Waals surface area contributed by atoms with Gasteiger partial charge in [-0.3, -0.25) is 0 Å². The second-order valence-electron chi connectivity index (χ2n) is 5.70. The van der Waals surface area contributed by atoms with Crippen LogP contribution in [0.25, 0.3) is 0 Å². The molecule has 0 fully saturated rings. The average molecular weight is 493 g/mol. The molecule has 4 nitrogen and oxygen atoms in total. The van der Waals surface area contributed by atoms with Crippen LogP contribution in [0.5, 0.6) is 11.5 Å². The maximum Gasteiger partial charge on any atom is 0.422 e. The summed E-state index contributed by atoms with van der Waals surface area (Å²) in [6.07, 6.45) is -9.28. The zero-order chi connectivity index (χ0) is 22.5. The molecule has 30 heavy (non-hydrogen) atoms. The third-order valence-corrected chi connectivity index (χ3v) is 3.87. The van der Waals surface area contributed by atoms with E-state index in [1.807, 2.05) is 0 Å². The topological polar surface area (TPSA) is 42.5 Å². The van der Waals surface area contributed by atoms with Crippen molar-refractivity contribution in [2.24, 2.45) is 0 Å². The number of nitrogens with one attached hydrogen (secondary N) is 2. The van der Waals surface area contributed by atoms with E-state index >= 15 is 0 Å². The summed E-state index contributed by atoms with van der Waals surface area (Å²) in [4.78, 5) is 0. The van der Waals surface area contributed by atoms with Gasteiger partial charge in [0.15, 0.2) is 18.3 Å². The summed E-state index contributed by atoms with van der Waals surface area (Å²) in [6, 6.07) is 7.64. The fourth-order valence-corrected chi connectivity index (χ4v) is 2.70. The number of hydrogen-bond donors (Lipinski definition) is 2. The number of hydrogen-bond acceptors (Lipinski definition) is 3. The minimum atomic E-state index is -4.64. The SMILES string of the molecule is FC(F)(F)COc1cc(NC(=S)Nc2ccc(Cl)cc2Cl)cc(OCC(F)(F)F)c1. The molecule has 0 aliphatic heterocycles. The summed E-state index contributed by atoms with van der Waals surface area (Å²) in [7, 11) is 0. The van der Waals surface area contributed by atoms with Gasteiger partial charge in [-0.05, 0) is 30.4 Å². The molecule has 0 atom stereocenters. The fraction of sp³-hybridized carbons (Fsp3) is 0.235. The highest BCUT2D eigenvalue weighted by Crippen LogP contribution is 2.30. The van der Waals surface area contributed by atoms with Gasteiger partial charge >= 0.3 is 12.4 Å². The van der Waals surface area contributed by atoms with Crippen LogP contribution in [0.4, 0.5) is 37.7 Å². The van der Waals surface area contributed by atoms with Gasteiger partial charge in [0.1, 0.15) is 11.5 Å². The predicted molar refractivity (Wildman–Crippen MR) is 106 cm³/mol. The van der Waals surface area contributed by atoms with Gasteiger partial charge in [-0.15, -0.1) is 0 Å². The molecule has 0 aliphatic rings. The number of alkyl halides is 6. The van der Waals surface area contributed by atoms with Crippen molar-refractivity contribution in [2.45, 2.75) is 12.4 Å². The van der Waals surface area contributed by atoms with E-state index in [9.17, 15) is 26.3 Å². The average Bonchev–Trinajstić information content (AvgIpc) is 2.59. The normalized spacial score (nSPS) is 11.7. The maximum atomic E-state index is 12.4. The lowest BCUT2D eigenvalue weighted by molar-refractivity contribution is -0.153. The second-order valence-corrected chi connectivity index (χ2v) is 6.96. The lowest BCUT2D eigenvalue weighted by Gasteiger charge is -2.16. The molecule has 164 valence electrons. The quantitative estimate of drug-likeness (QED) is 0.347. The van der Waals surface area contributed by atoms with E-state index < -0.39 is 25.6 Å². The molecule has 0 amide bonds. The molecule has 0 radical (unpaired) electrons. The Kier molecular flexibility index (Phi) is 7.89. The van der Waals surface area contributed by atoms with Crippen molar-refractivity contribution in [2.75, 3.05) is 23.8 Å². The van der Waals surface area contributed by atoms with E-state index in [0.29, 0.717) is 10.7 Å². The highest BCUT2D eigenvalue weighted by Gasteiger charge is 2.30. The smallest absolute Gasteiger partial charge is 0.422 e. The van der Waals surface area contributed by atoms with Gasteiger partial charge in [-0.1, -0.05) is 23.2 Å². The van der Waals surface area contributed by atoms with Gasteiger partial charge < -0.3 is 20.1 Å². The van der Waals surface area contributed by atoms with E-state index in [0.717, 1.165) is 18.2 Å². The van der Waals surface area contributed by atoms with Gasteiger partial charge in [0.25, 0.3) is 0 Å². The lowest BCUT2D eigenvalue weighted by Crippen LogP contribution is -2.21. The van der Waals surface area contributed by atoms with Crippen LogP contribution in [-0.4, -0.2) is 30.7 Å². The largest absolute Gasteiger partial charge is 0.484 e. The minimum Gasteiger partial charge on any atom is -0.484 e. The van der Waals surface area contributed by atoms with E-state index in [-0.39, 0.29) is 27.3 Å². The Morgan fingerprint density at radius 3 is 1.83 bits per heavy atom. The van der Waals surface area contributed by atoms with Crippen LogP contribution in [-0.2, 0) is 0 Å². The highest BCUT2D eigenvalue weighted by molar-refractivity contribution is 7.80. The lowest BCUT2D eigenvalue weighted by atomic mass is 10.2. The van der Waals surface area contributed by atoms with Crippen LogP contribution in [0, 0.1) is 0 Å². The number of anilines is 2. The van der Waals surface area contributed by atoms with Gasteiger partial charge in [0.2, 0.25) is 0 Å². The summed E-state index contributed by atoms with van der Waals surface area (Å²) in [5.41, 5.74) is 0.394. The van der Waals surface area contributed by atoms with Gasteiger partial charge in [-0.25, -0.2) is 0 Å². The standard InChI is InChI=1S/C17H12Cl2F6N2O2S/c18-9-1-2-14(13(19)3-9)27-15(30)26-10-4-11(28-7-16(20,21)22)6-12(5-10)29-8-17(23,24)25/h1-6H,7-8H2,(H2,26,27,30). The molecule has 0 bridgehead atoms. The third-order valence-electron chi connectivity index (χ3n) is 3.12. The molecule has 0 heterocycles. The Bertz CT molecular complexity index is 873. The molecular weight excluding hydrogens is 481 g/mol. The number of rotatable bonds is 6. The highest BCUT2D eigenvalue weighted by atomic mass is 35.5. The zero-order valence-corrected chi connectivity index (χ0v) is 17.0. The summed E-state index contributed by atoms with van der Waals surface area (Å²) in [6.45, 7) is -3.28. The number of halogens is 8. The van der Waals surface area contributed by atoms with E-state index in [4.69, 9.17) is 35.4 Å². The van der Waals surface area contributed by atoms with Crippen molar-refractivity contribution >= 4 is 51.9 Å². The van der Waals surface area contributed by atoms with E-state index in [1.54, 1.807) is 0 Å². The summed E-state index contributed by atoms with van der Waals surface area (Å²) < 4.78 is 83.5. The van der Waals surface area contributed by atoms with Crippen molar-refractivity contribution in [3.63, 3.8) is 0 Å². The molecule has 13 heteroatoms. The summed E-state index contributed by atoms with van der Waals surface area (Å²) >= 11 is 16.9. The van der Waals surface area contributed by atoms with Crippen LogP contribution in [0.2, 0.25) is 10.0 Å². The van der Waals surface area contributed by atoms with Gasteiger partial charge in [0, 0.05) is 28.9 Å². The van der Waals surface area contributed by atoms with E-state index in [1.165, 1.54) is 18.2 Å². The van der Waals surface area contributed by atoms with Crippen molar-refractivity contribution in [3.8, 4) is 11.5 Å². The van der Waals surface area contributed by atoms with Crippen LogP contribution in [0.3, 0.4) is 0 Å². The Morgan fingerprint density at radius 1 is 0.833 bits per heavy atom. The first-order valence-corrected chi connectivity index (χ1v) is 9.04. The first-order valence-electron chi connectivity index (χ1n) is 7.88. The van der Waals surface area contributed by atoms with E-state index in [2.05, 4.69) is 20.1 Å². The van der Waals surface area contributed by atoms with Gasteiger partial charge in [-0.2, -0.15) is 26.3 Å². The molecule has 2 aromatic carbocycles. The van der Waals surface area contributed by atoms with Crippen molar-refractivity contribution in [3.05, 3.63) is 46.4 Å². The van der Waals surface area contributed by atoms with Gasteiger partial charge in [0.05, 0.1) is 10.7 Å². The molecule has 0 aromatic heterocycles. The molecule has 2 N–H and O–H groups in total. The fourth-order valence-electron chi connectivity index (χ4n) is 2.02. The summed E-state index contributed by atoms with van der Waals surface area (Å²) in [5, 5.41) is 5.91. The van der Waals surface area contributed by atoms with Crippen LogP contribution >= 0.6 is 35.4 Å². The Morgan fingerprint density at radius 2 is 1.37 bits per heavy atom. The summed E-state index contributed by atoms with van der Waals surface area (Å²) in [5.74, 6) is -0.747. The molecule has 0 saturated heterocycles. The van der Waals surface area contributed by atoms with Crippen LogP contribution in [0.1, 0.15) is 0 Å². The monoisotopic (exact) mass is 492 g/mol. The first-order chi connectivity index (χ1) is 13.8. The Hall–Kier alpha value is -2.11. The molecule has 0 spiro atoms. The minimum absolute atomic E-state index is 0.0226. The Labute approximate surface area is 182 Å². The van der Waals surface area contributed by atoms with Crippen LogP contribution in [0.15, 0.2) is 36.4 Å². The number of thiocarbonyl (C=S) groups is 1. The zero-order valence-electron chi connectivity index (χ0n) is 14.6. The van der Waals surface area contributed by atoms with Crippen molar-refractivity contribution in [1.29, 1.82) is 0 Å².